The van der Waals surface area contributed by atoms with E-state index in [1.807, 2.05) is 13.0 Å². The van der Waals surface area contributed by atoms with Gasteiger partial charge in [-0.05, 0) is 81.8 Å². The van der Waals surface area contributed by atoms with Crippen LogP contribution in [-0.4, -0.2) is 27.4 Å². The zero-order chi connectivity index (χ0) is 19.2. The summed E-state index contributed by atoms with van der Waals surface area (Å²) < 4.78 is 27.6. The number of carbonyl (C=O) groups is 1. The smallest absolute Gasteiger partial charge is 0.240 e. The minimum Gasteiger partial charge on any atom is -0.354 e. The van der Waals surface area contributed by atoms with Crippen LogP contribution >= 0.6 is 0 Å². The van der Waals surface area contributed by atoms with Crippen LogP contribution in [0.3, 0.4) is 0 Å². The van der Waals surface area contributed by atoms with Gasteiger partial charge in [-0.2, -0.15) is 0 Å². The van der Waals surface area contributed by atoms with Crippen molar-refractivity contribution in [1.29, 1.82) is 0 Å². The molecule has 1 amide bonds. The minimum atomic E-state index is -3.55. The Morgan fingerprint density at radius 2 is 1.63 bits per heavy atom. The van der Waals surface area contributed by atoms with Crippen molar-refractivity contribution in [3.05, 3.63) is 29.3 Å². The molecule has 0 saturated heterocycles. The van der Waals surface area contributed by atoms with E-state index in [0.717, 1.165) is 48.1 Å². The summed E-state index contributed by atoms with van der Waals surface area (Å²) in [6.45, 7) is 4.30. The molecule has 4 fully saturated rings. The molecule has 0 radical (unpaired) electrons. The fourth-order valence-corrected chi connectivity index (χ4v) is 7.37. The van der Waals surface area contributed by atoms with E-state index in [0.29, 0.717) is 11.4 Å². The molecular weight excluding hydrogens is 360 g/mol. The highest BCUT2D eigenvalue weighted by molar-refractivity contribution is 7.89. The van der Waals surface area contributed by atoms with Crippen LogP contribution < -0.4 is 10.0 Å². The summed E-state index contributed by atoms with van der Waals surface area (Å²) in [7, 11) is -3.55. The summed E-state index contributed by atoms with van der Waals surface area (Å²) in [6, 6.07) is 5.31. The number of carbonyl (C=O) groups excluding carboxylic acids is 1. The van der Waals surface area contributed by atoms with Crippen LogP contribution in [-0.2, 0) is 14.8 Å². The van der Waals surface area contributed by atoms with Crippen molar-refractivity contribution in [1.82, 2.24) is 10.0 Å². The topological polar surface area (TPSA) is 75.3 Å². The van der Waals surface area contributed by atoms with Gasteiger partial charge in [-0.15, -0.1) is 0 Å². The summed E-state index contributed by atoms with van der Waals surface area (Å²) >= 11 is 0. The van der Waals surface area contributed by atoms with Crippen LogP contribution in [0.4, 0.5) is 0 Å². The molecule has 27 heavy (non-hydrogen) atoms. The van der Waals surface area contributed by atoms with Crippen LogP contribution in [0.5, 0.6) is 0 Å². The Hall–Kier alpha value is -1.40. The molecule has 6 heteroatoms. The number of benzene rings is 1. The highest BCUT2D eigenvalue weighted by atomic mass is 32.2. The van der Waals surface area contributed by atoms with Gasteiger partial charge in [0.2, 0.25) is 15.9 Å². The van der Waals surface area contributed by atoms with E-state index in [1.54, 1.807) is 19.1 Å². The van der Waals surface area contributed by atoms with Gasteiger partial charge in [0.25, 0.3) is 0 Å². The van der Waals surface area contributed by atoms with E-state index in [4.69, 9.17) is 0 Å². The Morgan fingerprint density at radius 1 is 1.04 bits per heavy atom. The fourth-order valence-electron chi connectivity index (χ4n) is 6.12. The van der Waals surface area contributed by atoms with Gasteiger partial charge in [-0.25, -0.2) is 13.1 Å². The first-order chi connectivity index (χ1) is 12.8. The second-order valence-corrected chi connectivity index (χ2v) is 10.9. The van der Waals surface area contributed by atoms with E-state index < -0.39 is 10.0 Å². The number of hydrogen-bond acceptors (Lipinski definition) is 3. The van der Waals surface area contributed by atoms with Gasteiger partial charge in [-0.3, -0.25) is 4.79 Å². The maximum absolute atomic E-state index is 12.9. The lowest BCUT2D eigenvalue weighted by molar-refractivity contribution is -0.146. The summed E-state index contributed by atoms with van der Waals surface area (Å²) in [4.78, 5) is 13.2. The Bertz CT molecular complexity index is 812. The quantitative estimate of drug-likeness (QED) is 0.734. The molecule has 4 saturated carbocycles. The van der Waals surface area contributed by atoms with Crippen LogP contribution in [0.1, 0.15) is 49.7 Å². The van der Waals surface area contributed by atoms with E-state index in [-0.39, 0.29) is 17.9 Å². The van der Waals surface area contributed by atoms with Gasteiger partial charge < -0.3 is 5.32 Å². The summed E-state index contributed by atoms with van der Waals surface area (Å²) in [6.07, 6.45) is 7.00. The molecule has 148 valence electrons. The van der Waals surface area contributed by atoms with Crippen molar-refractivity contribution in [2.24, 2.45) is 23.2 Å². The van der Waals surface area contributed by atoms with Gasteiger partial charge in [0.05, 0.1) is 4.90 Å². The van der Waals surface area contributed by atoms with Crippen LogP contribution in [0.25, 0.3) is 0 Å². The second kappa shape index (κ2) is 6.89. The van der Waals surface area contributed by atoms with E-state index in [1.165, 1.54) is 19.3 Å². The highest BCUT2D eigenvalue weighted by Crippen LogP contribution is 2.60. The molecule has 2 N–H and O–H groups in total. The number of amides is 1. The normalized spacial score (nSPS) is 31.9. The van der Waals surface area contributed by atoms with Crippen molar-refractivity contribution in [3.63, 3.8) is 0 Å². The maximum Gasteiger partial charge on any atom is 0.240 e. The molecule has 0 atom stereocenters. The summed E-state index contributed by atoms with van der Waals surface area (Å²) in [5, 5.41) is 3.02. The van der Waals surface area contributed by atoms with Crippen molar-refractivity contribution < 1.29 is 13.2 Å². The largest absolute Gasteiger partial charge is 0.354 e. The average Bonchev–Trinajstić information content (AvgIpc) is 2.57. The van der Waals surface area contributed by atoms with Gasteiger partial charge >= 0.3 is 0 Å². The van der Waals surface area contributed by atoms with Crippen molar-refractivity contribution in [2.45, 2.75) is 57.3 Å². The molecule has 4 aliphatic rings. The second-order valence-electron chi connectivity index (χ2n) is 9.12. The molecule has 5 rings (SSSR count). The molecule has 4 bridgehead atoms. The number of hydrogen-bond donors (Lipinski definition) is 2. The first-order valence-corrected chi connectivity index (χ1v) is 11.6. The van der Waals surface area contributed by atoms with Crippen molar-refractivity contribution in [3.8, 4) is 0 Å². The predicted octanol–water partition coefficient (Wildman–Crippen LogP) is 2.91. The maximum atomic E-state index is 12.9. The van der Waals surface area contributed by atoms with E-state index in [9.17, 15) is 13.2 Å². The number of rotatable bonds is 6. The zero-order valence-electron chi connectivity index (χ0n) is 16.3. The Morgan fingerprint density at radius 3 is 2.19 bits per heavy atom. The Balaban J connectivity index is 1.32. The Kier molecular flexibility index (Phi) is 4.83. The van der Waals surface area contributed by atoms with Crippen molar-refractivity contribution in [2.75, 3.05) is 13.1 Å². The molecule has 0 unspecified atom stereocenters. The first-order valence-electron chi connectivity index (χ1n) is 10.1. The molecule has 4 aliphatic carbocycles. The zero-order valence-corrected chi connectivity index (χ0v) is 17.1. The molecular formula is C21H30N2O3S. The highest BCUT2D eigenvalue weighted by Gasteiger charge is 2.54. The molecule has 0 heterocycles. The monoisotopic (exact) mass is 390 g/mol. The molecule has 1 aromatic rings. The third-order valence-corrected chi connectivity index (χ3v) is 8.46. The molecule has 1 aromatic carbocycles. The first kappa shape index (κ1) is 18.9. The van der Waals surface area contributed by atoms with Crippen molar-refractivity contribution >= 4 is 15.9 Å². The van der Waals surface area contributed by atoms with Crippen LogP contribution in [0.2, 0.25) is 0 Å². The lowest BCUT2D eigenvalue weighted by Gasteiger charge is -2.55. The SMILES string of the molecule is Cc1ccc(S(=O)(=O)NCCNC(=O)C23CC4CC(CC(C4)C2)C3)c(C)c1. The number of sulfonamides is 1. The number of nitrogens with one attached hydrogen (secondary N) is 2. The van der Waals surface area contributed by atoms with Gasteiger partial charge in [0, 0.05) is 18.5 Å². The lowest BCUT2D eigenvalue weighted by atomic mass is 9.49. The minimum absolute atomic E-state index is 0.146. The van der Waals surface area contributed by atoms with Gasteiger partial charge in [-0.1, -0.05) is 17.7 Å². The lowest BCUT2D eigenvalue weighted by Crippen LogP contribution is -2.54. The third-order valence-electron chi connectivity index (χ3n) is 6.84. The molecule has 0 spiro atoms. The van der Waals surface area contributed by atoms with Gasteiger partial charge in [0.1, 0.15) is 0 Å². The third kappa shape index (κ3) is 3.66. The van der Waals surface area contributed by atoms with Crippen LogP contribution in [0.15, 0.2) is 23.1 Å². The molecule has 0 aliphatic heterocycles. The van der Waals surface area contributed by atoms with Crippen LogP contribution in [0, 0.1) is 37.0 Å². The summed E-state index contributed by atoms with van der Waals surface area (Å²) in [5.74, 6) is 2.33. The number of aryl methyl sites for hydroxylation is 2. The van der Waals surface area contributed by atoms with Gasteiger partial charge in [0.15, 0.2) is 0 Å². The fraction of sp³-hybridized carbons (Fsp3) is 0.667. The standard InChI is InChI=1S/C21H30N2O3S/c1-14-3-4-19(15(2)7-14)27(25,26)23-6-5-22-20(24)21-11-16-8-17(12-21)10-18(9-16)13-21/h3-4,7,16-18,23H,5-6,8-13H2,1-2H3,(H,22,24). The average molecular weight is 391 g/mol. The molecule has 0 aromatic heterocycles. The summed E-state index contributed by atoms with van der Waals surface area (Å²) in [5.41, 5.74) is 1.59. The van der Waals surface area contributed by atoms with E-state index in [2.05, 4.69) is 10.0 Å². The Labute approximate surface area is 162 Å². The molecule has 5 nitrogen and oxygen atoms in total. The predicted molar refractivity (Wildman–Crippen MR) is 105 cm³/mol. The van der Waals surface area contributed by atoms with E-state index >= 15 is 0 Å².